The van der Waals surface area contributed by atoms with Crippen LogP contribution in [0.5, 0.6) is 0 Å². The van der Waals surface area contributed by atoms with Gasteiger partial charge in [-0.3, -0.25) is 5.01 Å². The molecular weight excluding hydrogens is 252 g/mol. The molecule has 1 aliphatic rings. The Morgan fingerprint density at radius 1 is 1.13 bits per heavy atom. The molecule has 0 bridgehead atoms. The SMILES string of the molecule is Brc1ccccc1/C=N\N1CCCCC1. The maximum absolute atomic E-state index is 4.49. The van der Waals surface area contributed by atoms with Crippen molar-refractivity contribution in [3.8, 4) is 0 Å². The summed E-state index contributed by atoms with van der Waals surface area (Å²) in [6, 6.07) is 8.15. The first-order chi connectivity index (χ1) is 7.36. The van der Waals surface area contributed by atoms with E-state index in [1.165, 1.54) is 19.3 Å². The molecule has 2 rings (SSSR count). The summed E-state index contributed by atoms with van der Waals surface area (Å²) in [6.45, 7) is 2.20. The van der Waals surface area contributed by atoms with Gasteiger partial charge in [-0.25, -0.2) is 0 Å². The number of hydrogen-bond acceptors (Lipinski definition) is 2. The molecule has 0 unspecified atom stereocenters. The van der Waals surface area contributed by atoms with E-state index in [0.717, 1.165) is 23.1 Å². The van der Waals surface area contributed by atoms with Gasteiger partial charge in [0.05, 0.1) is 6.21 Å². The monoisotopic (exact) mass is 266 g/mol. The fraction of sp³-hybridized carbons (Fsp3) is 0.417. The van der Waals surface area contributed by atoms with Crippen molar-refractivity contribution in [2.75, 3.05) is 13.1 Å². The average molecular weight is 267 g/mol. The maximum atomic E-state index is 4.49. The van der Waals surface area contributed by atoms with Crippen LogP contribution in [0.2, 0.25) is 0 Å². The van der Waals surface area contributed by atoms with E-state index in [2.05, 4.69) is 32.1 Å². The van der Waals surface area contributed by atoms with Gasteiger partial charge in [0, 0.05) is 23.1 Å². The molecule has 80 valence electrons. The van der Waals surface area contributed by atoms with Crippen molar-refractivity contribution in [2.24, 2.45) is 5.10 Å². The minimum atomic E-state index is 1.10. The number of halogens is 1. The zero-order valence-electron chi connectivity index (χ0n) is 8.69. The van der Waals surface area contributed by atoms with Gasteiger partial charge in [-0.05, 0) is 25.3 Å². The summed E-state index contributed by atoms with van der Waals surface area (Å²) in [7, 11) is 0. The van der Waals surface area contributed by atoms with Crippen molar-refractivity contribution >= 4 is 22.1 Å². The number of nitrogens with zero attached hydrogens (tertiary/aromatic N) is 2. The Morgan fingerprint density at radius 3 is 2.60 bits per heavy atom. The Morgan fingerprint density at radius 2 is 1.87 bits per heavy atom. The van der Waals surface area contributed by atoms with Gasteiger partial charge in [0.25, 0.3) is 0 Å². The van der Waals surface area contributed by atoms with E-state index < -0.39 is 0 Å². The van der Waals surface area contributed by atoms with Crippen molar-refractivity contribution in [3.05, 3.63) is 34.3 Å². The quantitative estimate of drug-likeness (QED) is 0.751. The number of piperidine rings is 1. The minimum absolute atomic E-state index is 1.10. The molecule has 0 N–H and O–H groups in total. The van der Waals surface area contributed by atoms with Gasteiger partial charge in [0.2, 0.25) is 0 Å². The molecule has 1 aliphatic heterocycles. The second-order valence-corrected chi connectivity index (χ2v) is 4.63. The molecule has 2 nitrogen and oxygen atoms in total. The van der Waals surface area contributed by atoms with Gasteiger partial charge in [0.15, 0.2) is 0 Å². The average Bonchev–Trinajstić information content (AvgIpc) is 2.29. The highest BCUT2D eigenvalue weighted by molar-refractivity contribution is 9.10. The molecule has 0 amide bonds. The normalized spacial score (nSPS) is 17.3. The van der Waals surface area contributed by atoms with Crippen LogP contribution in [0.1, 0.15) is 24.8 Å². The number of hydrazone groups is 1. The summed E-state index contributed by atoms with van der Waals surface area (Å²) in [4.78, 5) is 0. The molecule has 3 heteroatoms. The first kappa shape index (κ1) is 10.7. The van der Waals surface area contributed by atoms with Crippen LogP contribution >= 0.6 is 15.9 Å². The molecule has 0 saturated carbocycles. The van der Waals surface area contributed by atoms with E-state index in [0.29, 0.717) is 0 Å². The molecule has 1 heterocycles. The molecule has 0 atom stereocenters. The van der Waals surface area contributed by atoms with Crippen LogP contribution in [-0.2, 0) is 0 Å². The zero-order chi connectivity index (χ0) is 10.5. The van der Waals surface area contributed by atoms with Crippen molar-refractivity contribution in [1.82, 2.24) is 5.01 Å². The van der Waals surface area contributed by atoms with Gasteiger partial charge < -0.3 is 0 Å². The van der Waals surface area contributed by atoms with Crippen molar-refractivity contribution in [1.29, 1.82) is 0 Å². The fourth-order valence-corrected chi connectivity index (χ4v) is 2.10. The lowest BCUT2D eigenvalue weighted by Crippen LogP contribution is -2.24. The molecule has 1 aromatic rings. The highest BCUT2D eigenvalue weighted by atomic mass is 79.9. The van der Waals surface area contributed by atoms with Crippen LogP contribution in [0.15, 0.2) is 33.8 Å². The van der Waals surface area contributed by atoms with Gasteiger partial charge in [0.1, 0.15) is 0 Å². The molecule has 1 saturated heterocycles. The molecule has 15 heavy (non-hydrogen) atoms. The second kappa shape index (κ2) is 5.31. The molecule has 1 fully saturated rings. The molecule has 0 aliphatic carbocycles. The lowest BCUT2D eigenvalue weighted by atomic mass is 10.2. The first-order valence-electron chi connectivity index (χ1n) is 5.40. The summed E-state index contributed by atoms with van der Waals surface area (Å²) in [5, 5.41) is 6.65. The third-order valence-corrected chi connectivity index (χ3v) is 3.32. The second-order valence-electron chi connectivity index (χ2n) is 3.78. The first-order valence-corrected chi connectivity index (χ1v) is 6.19. The third kappa shape index (κ3) is 3.06. The fourth-order valence-electron chi connectivity index (χ4n) is 1.72. The lowest BCUT2D eigenvalue weighted by Gasteiger charge is -2.23. The smallest absolute Gasteiger partial charge is 0.0554 e. The molecule has 0 radical (unpaired) electrons. The van der Waals surface area contributed by atoms with Crippen LogP contribution in [0.3, 0.4) is 0 Å². The van der Waals surface area contributed by atoms with E-state index in [1.807, 2.05) is 24.4 Å². The van der Waals surface area contributed by atoms with E-state index in [1.54, 1.807) is 0 Å². The van der Waals surface area contributed by atoms with Gasteiger partial charge in [-0.1, -0.05) is 34.1 Å². The minimum Gasteiger partial charge on any atom is -0.297 e. The molecule has 0 aromatic heterocycles. The predicted octanol–water partition coefficient (Wildman–Crippen LogP) is 3.27. The highest BCUT2D eigenvalue weighted by Gasteiger charge is 2.06. The summed E-state index contributed by atoms with van der Waals surface area (Å²) >= 11 is 3.51. The van der Waals surface area contributed by atoms with E-state index in [9.17, 15) is 0 Å². The summed E-state index contributed by atoms with van der Waals surface area (Å²) in [5.74, 6) is 0. The Bertz CT molecular complexity index is 343. The van der Waals surface area contributed by atoms with Crippen molar-refractivity contribution in [3.63, 3.8) is 0 Å². The van der Waals surface area contributed by atoms with Gasteiger partial charge >= 0.3 is 0 Å². The summed E-state index contributed by atoms with van der Waals surface area (Å²) < 4.78 is 1.10. The Balaban J connectivity index is 2.01. The van der Waals surface area contributed by atoms with Gasteiger partial charge in [-0.2, -0.15) is 5.10 Å². The number of hydrogen-bond donors (Lipinski definition) is 0. The highest BCUT2D eigenvalue weighted by Crippen LogP contribution is 2.14. The maximum Gasteiger partial charge on any atom is 0.0554 e. The Hall–Kier alpha value is -0.830. The number of benzene rings is 1. The standard InChI is InChI=1S/C12H15BrN2/c13-12-7-3-2-6-11(12)10-14-15-8-4-1-5-9-15/h2-3,6-7,10H,1,4-5,8-9H2/b14-10-. The van der Waals surface area contributed by atoms with Crippen molar-refractivity contribution < 1.29 is 0 Å². The van der Waals surface area contributed by atoms with Crippen LogP contribution in [0.25, 0.3) is 0 Å². The number of rotatable bonds is 2. The third-order valence-electron chi connectivity index (χ3n) is 2.60. The van der Waals surface area contributed by atoms with Crippen LogP contribution < -0.4 is 0 Å². The van der Waals surface area contributed by atoms with E-state index >= 15 is 0 Å². The summed E-state index contributed by atoms with van der Waals surface area (Å²) in [5.41, 5.74) is 1.14. The van der Waals surface area contributed by atoms with Crippen LogP contribution in [-0.4, -0.2) is 24.3 Å². The molecule has 0 spiro atoms. The largest absolute Gasteiger partial charge is 0.297 e. The van der Waals surface area contributed by atoms with E-state index in [4.69, 9.17) is 0 Å². The van der Waals surface area contributed by atoms with Crippen LogP contribution in [0.4, 0.5) is 0 Å². The molecule has 1 aromatic carbocycles. The molecular formula is C12H15BrN2. The van der Waals surface area contributed by atoms with Crippen LogP contribution in [0, 0.1) is 0 Å². The Labute approximate surface area is 99.1 Å². The van der Waals surface area contributed by atoms with Gasteiger partial charge in [-0.15, -0.1) is 0 Å². The summed E-state index contributed by atoms with van der Waals surface area (Å²) in [6.07, 6.45) is 5.83. The lowest BCUT2D eigenvalue weighted by molar-refractivity contribution is 0.240. The zero-order valence-corrected chi connectivity index (χ0v) is 10.3. The Kier molecular flexibility index (Phi) is 3.78. The topological polar surface area (TPSA) is 15.6 Å². The van der Waals surface area contributed by atoms with Crippen molar-refractivity contribution in [2.45, 2.75) is 19.3 Å². The predicted molar refractivity (Wildman–Crippen MR) is 67.2 cm³/mol. The van der Waals surface area contributed by atoms with E-state index in [-0.39, 0.29) is 0 Å².